The molecule has 1 rings (SSSR count). The van der Waals surface area contributed by atoms with Crippen molar-refractivity contribution in [2.75, 3.05) is 13.2 Å². The number of nitrogens with zero attached hydrogens (tertiary/aromatic N) is 1. The van der Waals surface area contributed by atoms with Crippen LogP contribution in [0, 0.1) is 18.3 Å². The van der Waals surface area contributed by atoms with Gasteiger partial charge in [0.15, 0.2) is 6.61 Å². The van der Waals surface area contributed by atoms with Crippen LogP contribution in [-0.2, 0) is 4.79 Å². The second-order valence-electron chi connectivity index (χ2n) is 3.85. The van der Waals surface area contributed by atoms with E-state index in [1.54, 1.807) is 19.1 Å². The van der Waals surface area contributed by atoms with Crippen LogP contribution in [0.15, 0.2) is 18.2 Å². The van der Waals surface area contributed by atoms with Crippen molar-refractivity contribution in [3.63, 3.8) is 0 Å². The van der Waals surface area contributed by atoms with Gasteiger partial charge in [-0.15, -0.1) is 0 Å². The molecule has 100 valence electrons. The number of rotatable bonds is 6. The van der Waals surface area contributed by atoms with Crippen molar-refractivity contribution in [3.05, 3.63) is 29.3 Å². The molecule has 1 amide bonds. The van der Waals surface area contributed by atoms with Crippen LogP contribution in [0.2, 0.25) is 0 Å². The monoisotopic (exact) mass is 262 g/mol. The Balaban J connectivity index is 2.62. The second-order valence-corrected chi connectivity index (χ2v) is 3.85. The summed E-state index contributed by atoms with van der Waals surface area (Å²) in [4.78, 5) is 22.3. The lowest BCUT2D eigenvalue weighted by atomic mass is 10.1. The lowest BCUT2D eigenvalue weighted by Gasteiger charge is -2.09. The SMILES string of the molecule is Cc1ccc(C(=O)O)c(OCC(=O)NCCC#N)c1. The van der Waals surface area contributed by atoms with E-state index in [0.717, 1.165) is 5.56 Å². The molecule has 0 radical (unpaired) electrons. The van der Waals surface area contributed by atoms with Gasteiger partial charge in [0.2, 0.25) is 0 Å². The molecule has 0 fully saturated rings. The summed E-state index contributed by atoms with van der Waals surface area (Å²) in [5, 5.41) is 19.8. The zero-order chi connectivity index (χ0) is 14.3. The zero-order valence-corrected chi connectivity index (χ0v) is 10.5. The number of carbonyl (C=O) groups is 2. The first kappa shape index (κ1) is 14.5. The predicted molar refractivity (Wildman–Crippen MR) is 66.9 cm³/mol. The molecule has 0 unspecified atom stereocenters. The van der Waals surface area contributed by atoms with Crippen molar-refractivity contribution in [2.24, 2.45) is 0 Å². The molecular formula is C13H14N2O4. The Labute approximate surface area is 110 Å². The third-order valence-electron chi connectivity index (χ3n) is 2.29. The number of carboxylic acid groups (broad SMARTS) is 1. The molecular weight excluding hydrogens is 248 g/mol. The number of carboxylic acids is 1. The lowest BCUT2D eigenvalue weighted by Crippen LogP contribution is -2.29. The maximum Gasteiger partial charge on any atom is 0.339 e. The van der Waals surface area contributed by atoms with Crippen LogP contribution in [0.3, 0.4) is 0 Å². The predicted octanol–water partition coefficient (Wildman–Crippen LogP) is 1.10. The maximum atomic E-state index is 11.4. The summed E-state index contributed by atoms with van der Waals surface area (Å²) in [6.07, 6.45) is 0.219. The van der Waals surface area contributed by atoms with E-state index < -0.39 is 11.9 Å². The van der Waals surface area contributed by atoms with Gasteiger partial charge in [-0.1, -0.05) is 6.07 Å². The minimum atomic E-state index is -1.11. The van der Waals surface area contributed by atoms with Crippen molar-refractivity contribution in [1.82, 2.24) is 5.32 Å². The number of nitrogens with one attached hydrogen (secondary N) is 1. The van der Waals surface area contributed by atoms with Gasteiger partial charge in [-0.05, 0) is 24.6 Å². The summed E-state index contributed by atoms with van der Waals surface area (Å²) in [6.45, 7) is 1.76. The normalized spacial score (nSPS) is 9.47. The number of hydrogen-bond acceptors (Lipinski definition) is 4. The number of hydrogen-bond donors (Lipinski definition) is 2. The van der Waals surface area contributed by atoms with Crippen molar-refractivity contribution in [3.8, 4) is 11.8 Å². The number of aromatic carboxylic acids is 1. The molecule has 0 atom stereocenters. The summed E-state index contributed by atoms with van der Waals surface area (Å²) in [5.74, 6) is -1.35. The molecule has 6 nitrogen and oxygen atoms in total. The summed E-state index contributed by atoms with van der Waals surface area (Å²) in [5.41, 5.74) is 0.848. The zero-order valence-electron chi connectivity index (χ0n) is 10.5. The molecule has 0 aliphatic heterocycles. The van der Waals surface area contributed by atoms with E-state index in [1.165, 1.54) is 6.07 Å². The Morgan fingerprint density at radius 3 is 2.84 bits per heavy atom. The molecule has 0 bridgehead atoms. The van der Waals surface area contributed by atoms with Crippen LogP contribution in [0.4, 0.5) is 0 Å². The Hall–Kier alpha value is -2.55. The van der Waals surface area contributed by atoms with Crippen molar-refractivity contribution < 1.29 is 19.4 Å². The van der Waals surface area contributed by atoms with Crippen molar-refractivity contribution in [1.29, 1.82) is 5.26 Å². The first-order valence-corrected chi connectivity index (χ1v) is 5.65. The van der Waals surface area contributed by atoms with Gasteiger partial charge in [-0.2, -0.15) is 5.26 Å². The molecule has 19 heavy (non-hydrogen) atoms. The summed E-state index contributed by atoms with van der Waals surface area (Å²) in [7, 11) is 0. The summed E-state index contributed by atoms with van der Waals surface area (Å²) in [6, 6.07) is 6.54. The van der Waals surface area contributed by atoms with Crippen LogP contribution in [0.1, 0.15) is 22.3 Å². The third kappa shape index (κ3) is 4.68. The minimum absolute atomic E-state index is 0.00965. The Morgan fingerprint density at radius 2 is 2.21 bits per heavy atom. The van der Waals surface area contributed by atoms with Gasteiger partial charge in [0.05, 0.1) is 12.5 Å². The Kier molecular flexibility index (Phi) is 5.35. The smallest absolute Gasteiger partial charge is 0.339 e. The van der Waals surface area contributed by atoms with E-state index in [0.29, 0.717) is 0 Å². The van der Waals surface area contributed by atoms with Gasteiger partial charge < -0.3 is 15.2 Å². The summed E-state index contributed by atoms with van der Waals surface area (Å²) >= 11 is 0. The van der Waals surface area contributed by atoms with Gasteiger partial charge in [-0.3, -0.25) is 4.79 Å². The topological polar surface area (TPSA) is 99.4 Å². The first-order valence-electron chi connectivity index (χ1n) is 5.65. The molecule has 0 aliphatic carbocycles. The molecule has 1 aromatic rings. The average Bonchev–Trinajstić information content (AvgIpc) is 2.36. The van der Waals surface area contributed by atoms with Gasteiger partial charge in [0.25, 0.3) is 5.91 Å². The molecule has 1 aromatic carbocycles. The minimum Gasteiger partial charge on any atom is -0.483 e. The molecule has 0 spiro atoms. The van der Waals surface area contributed by atoms with E-state index in [2.05, 4.69) is 5.32 Å². The number of benzene rings is 1. The first-order chi connectivity index (χ1) is 9.04. The number of ether oxygens (including phenoxy) is 1. The molecule has 2 N–H and O–H groups in total. The highest BCUT2D eigenvalue weighted by atomic mass is 16.5. The molecule has 6 heteroatoms. The van der Waals surface area contributed by atoms with E-state index in [-0.39, 0.29) is 30.9 Å². The van der Waals surface area contributed by atoms with Gasteiger partial charge >= 0.3 is 5.97 Å². The van der Waals surface area contributed by atoms with Crippen LogP contribution in [0.25, 0.3) is 0 Å². The highest BCUT2D eigenvalue weighted by molar-refractivity contribution is 5.91. The second kappa shape index (κ2) is 7.01. The van der Waals surface area contributed by atoms with E-state index >= 15 is 0 Å². The van der Waals surface area contributed by atoms with Crippen molar-refractivity contribution in [2.45, 2.75) is 13.3 Å². The van der Waals surface area contributed by atoms with E-state index in [9.17, 15) is 9.59 Å². The average molecular weight is 262 g/mol. The number of carbonyl (C=O) groups excluding carboxylic acids is 1. The molecule has 0 aromatic heterocycles. The largest absolute Gasteiger partial charge is 0.483 e. The highest BCUT2D eigenvalue weighted by Gasteiger charge is 2.12. The highest BCUT2D eigenvalue weighted by Crippen LogP contribution is 2.20. The Morgan fingerprint density at radius 1 is 1.47 bits per heavy atom. The van der Waals surface area contributed by atoms with Crippen LogP contribution in [-0.4, -0.2) is 30.1 Å². The molecule has 0 saturated heterocycles. The summed E-state index contributed by atoms with van der Waals surface area (Å²) < 4.78 is 5.20. The van der Waals surface area contributed by atoms with Crippen LogP contribution >= 0.6 is 0 Å². The molecule has 0 heterocycles. The van der Waals surface area contributed by atoms with Gasteiger partial charge in [0, 0.05) is 6.54 Å². The quantitative estimate of drug-likeness (QED) is 0.748. The van der Waals surface area contributed by atoms with E-state index in [1.807, 2.05) is 6.07 Å². The fourth-order valence-electron chi connectivity index (χ4n) is 1.38. The van der Waals surface area contributed by atoms with Crippen LogP contribution < -0.4 is 10.1 Å². The lowest BCUT2D eigenvalue weighted by molar-refractivity contribution is -0.123. The van der Waals surface area contributed by atoms with Crippen molar-refractivity contribution >= 4 is 11.9 Å². The third-order valence-corrected chi connectivity index (χ3v) is 2.29. The van der Waals surface area contributed by atoms with E-state index in [4.69, 9.17) is 15.1 Å². The fourth-order valence-corrected chi connectivity index (χ4v) is 1.38. The number of amides is 1. The maximum absolute atomic E-state index is 11.4. The Bertz CT molecular complexity index is 520. The molecule has 0 saturated carbocycles. The fraction of sp³-hybridized carbons (Fsp3) is 0.308. The number of nitriles is 1. The number of aryl methyl sites for hydroxylation is 1. The van der Waals surface area contributed by atoms with Gasteiger partial charge in [0.1, 0.15) is 11.3 Å². The molecule has 0 aliphatic rings. The van der Waals surface area contributed by atoms with Gasteiger partial charge in [-0.25, -0.2) is 4.79 Å². The standard InChI is InChI=1S/C13H14N2O4/c1-9-3-4-10(13(17)18)11(7-9)19-8-12(16)15-6-2-5-14/h3-4,7H,2,6,8H2,1H3,(H,15,16)(H,17,18). The van der Waals surface area contributed by atoms with Crippen LogP contribution in [0.5, 0.6) is 5.75 Å².